The van der Waals surface area contributed by atoms with E-state index in [1.54, 1.807) is 25.3 Å². The molecule has 3 rings (SSSR count). The van der Waals surface area contributed by atoms with Crippen molar-refractivity contribution in [1.29, 1.82) is 0 Å². The highest BCUT2D eigenvalue weighted by Crippen LogP contribution is 2.31. The predicted octanol–water partition coefficient (Wildman–Crippen LogP) is 4.42. The zero-order valence-corrected chi connectivity index (χ0v) is 12.7. The summed E-state index contributed by atoms with van der Waals surface area (Å²) in [6.45, 7) is 0. The van der Waals surface area contributed by atoms with Gasteiger partial charge in [0.1, 0.15) is 11.5 Å². The van der Waals surface area contributed by atoms with E-state index in [9.17, 15) is 18.0 Å². The Labute approximate surface area is 136 Å². The van der Waals surface area contributed by atoms with Gasteiger partial charge in [0.15, 0.2) is 5.78 Å². The van der Waals surface area contributed by atoms with Crippen LogP contribution in [0.25, 0.3) is 6.08 Å². The lowest BCUT2D eigenvalue weighted by atomic mass is 10.1. The second-order valence-corrected chi connectivity index (χ2v) is 5.32. The molecule has 0 atom stereocenters. The largest absolute Gasteiger partial charge is 0.573 e. The number of allylic oxidation sites excluding steroid dienone is 1. The van der Waals surface area contributed by atoms with E-state index in [0.717, 1.165) is 5.56 Å². The van der Waals surface area contributed by atoms with E-state index in [-0.39, 0.29) is 11.5 Å². The summed E-state index contributed by atoms with van der Waals surface area (Å²) in [6.07, 6.45) is -2.58. The third-order valence-corrected chi connectivity index (χ3v) is 3.68. The Morgan fingerprint density at radius 1 is 1.04 bits per heavy atom. The van der Waals surface area contributed by atoms with E-state index in [0.29, 0.717) is 28.9 Å². The van der Waals surface area contributed by atoms with Crippen molar-refractivity contribution in [2.24, 2.45) is 0 Å². The molecule has 2 aromatic carbocycles. The molecule has 0 radical (unpaired) electrons. The number of Topliss-reactive ketones (excluding diaryl/α,β-unsaturated/α-hetero) is 1. The normalized spacial score (nSPS) is 15.5. The Morgan fingerprint density at radius 2 is 1.71 bits per heavy atom. The van der Waals surface area contributed by atoms with Gasteiger partial charge in [0.25, 0.3) is 0 Å². The first kappa shape index (κ1) is 16.1. The van der Waals surface area contributed by atoms with Crippen LogP contribution in [0.3, 0.4) is 0 Å². The van der Waals surface area contributed by atoms with Crippen LogP contribution in [-0.4, -0.2) is 19.3 Å². The second kappa shape index (κ2) is 6.03. The molecule has 0 unspecified atom stereocenters. The van der Waals surface area contributed by atoms with Crippen LogP contribution in [0.2, 0.25) is 0 Å². The Hall–Kier alpha value is -2.76. The van der Waals surface area contributed by atoms with Gasteiger partial charge in [-0.3, -0.25) is 4.79 Å². The van der Waals surface area contributed by atoms with Crippen LogP contribution >= 0.6 is 0 Å². The molecule has 24 heavy (non-hydrogen) atoms. The standard InChI is InChI=1S/C18H13F3O3/c1-23-15-6-7-16-12(10-15)9-13(17(16)22)8-11-2-4-14(5-3-11)24-18(19,20)21/h2-8,10H,9H2,1H3. The molecule has 0 spiro atoms. The molecule has 0 saturated carbocycles. The molecule has 3 nitrogen and oxygen atoms in total. The number of ether oxygens (including phenoxy) is 2. The molecule has 124 valence electrons. The van der Waals surface area contributed by atoms with Crippen LogP contribution in [0, 0.1) is 0 Å². The number of benzene rings is 2. The minimum Gasteiger partial charge on any atom is -0.497 e. The summed E-state index contributed by atoms with van der Waals surface area (Å²) >= 11 is 0. The van der Waals surface area contributed by atoms with Crippen molar-refractivity contribution in [2.75, 3.05) is 7.11 Å². The van der Waals surface area contributed by atoms with Gasteiger partial charge in [-0.25, -0.2) is 0 Å². The number of alkyl halides is 3. The molecule has 1 aliphatic carbocycles. The van der Waals surface area contributed by atoms with Crippen LogP contribution in [0.15, 0.2) is 48.0 Å². The fraction of sp³-hybridized carbons (Fsp3) is 0.167. The highest BCUT2D eigenvalue weighted by molar-refractivity contribution is 6.15. The number of hydrogen-bond acceptors (Lipinski definition) is 3. The minimum absolute atomic E-state index is 0.0803. The van der Waals surface area contributed by atoms with Crippen molar-refractivity contribution in [3.63, 3.8) is 0 Å². The fourth-order valence-corrected chi connectivity index (χ4v) is 2.61. The van der Waals surface area contributed by atoms with E-state index in [2.05, 4.69) is 4.74 Å². The van der Waals surface area contributed by atoms with E-state index >= 15 is 0 Å². The molecule has 0 saturated heterocycles. The van der Waals surface area contributed by atoms with Crippen molar-refractivity contribution in [3.05, 3.63) is 64.7 Å². The lowest BCUT2D eigenvalue weighted by Gasteiger charge is -2.08. The maximum absolute atomic E-state index is 12.4. The molecule has 2 aromatic rings. The Morgan fingerprint density at radius 3 is 2.33 bits per heavy atom. The third kappa shape index (κ3) is 3.42. The molecule has 0 aliphatic heterocycles. The quantitative estimate of drug-likeness (QED) is 0.780. The lowest BCUT2D eigenvalue weighted by molar-refractivity contribution is -0.274. The predicted molar refractivity (Wildman–Crippen MR) is 82.1 cm³/mol. The summed E-state index contributed by atoms with van der Waals surface area (Å²) in [4.78, 5) is 12.4. The maximum Gasteiger partial charge on any atom is 0.573 e. The van der Waals surface area contributed by atoms with Gasteiger partial charge < -0.3 is 9.47 Å². The van der Waals surface area contributed by atoms with Gasteiger partial charge in [0.05, 0.1) is 7.11 Å². The molecular weight excluding hydrogens is 321 g/mol. The van der Waals surface area contributed by atoms with Crippen molar-refractivity contribution in [1.82, 2.24) is 0 Å². The monoisotopic (exact) mass is 334 g/mol. The smallest absolute Gasteiger partial charge is 0.497 e. The number of carbonyl (C=O) groups is 1. The van der Waals surface area contributed by atoms with E-state index in [1.807, 2.05) is 6.07 Å². The highest BCUT2D eigenvalue weighted by atomic mass is 19.4. The Bertz CT molecular complexity index is 805. The zero-order valence-electron chi connectivity index (χ0n) is 12.7. The van der Waals surface area contributed by atoms with Gasteiger partial charge >= 0.3 is 6.36 Å². The van der Waals surface area contributed by atoms with Crippen molar-refractivity contribution >= 4 is 11.9 Å². The van der Waals surface area contributed by atoms with Crippen LogP contribution in [0.1, 0.15) is 21.5 Å². The van der Waals surface area contributed by atoms with Crippen LogP contribution in [0.4, 0.5) is 13.2 Å². The summed E-state index contributed by atoms with van der Waals surface area (Å²) in [7, 11) is 1.56. The van der Waals surface area contributed by atoms with Gasteiger partial charge in [-0.1, -0.05) is 12.1 Å². The Kier molecular flexibility index (Phi) is 4.05. The number of fused-ring (bicyclic) bond motifs is 1. The molecule has 0 fully saturated rings. The van der Waals surface area contributed by atoms with Gasteiger partial charge in [0.2, 0.25) is 0 Å². The number of hydrogen-bond donors (Lipinski definition) is 0. The summed E-state index contributed by atoms with van der Waals surface area (Å²) in [5.74, 6) is 0.301. The topological polar surface area (TPSA) is 35.5 Å². The average Bonchev–Trinajstić information content (AvgIpc) is 2.83. The number of methoxy groups -OCH3 is 1. The van der Waals surface area contributed by atoms with E-state index in [4.69, 9.17) is 4.74 Å². The summed E-state index contributed by atoms with van der Waals surface area (Å²) < 4.78 is 45.4. The summed E-state index contributed by atoms with van der Waals surface area (Å²) in [5, 5.41) is 0. The first-order valence-corrected chi connectivity index (χ1v) is 7.14. The molecule has 0 amide bonds. The number of rotatable bonds is 3. The molecule has 1 aliphatic rings. The summed E-state index contributed by atoms with van der Waals surface area (Å²) in [6, 6.07) is 10.6. The minimum atomic E-state index is -4.72. The SMILES string of the molecule is COc1ccc2c(c1)CC(=Cc1ccc(OC(F)(F)F)cc1)C2=O. The lowest BCUT2D eigenvalue weighted by Crippen LogP contribution is -2.16. The Balaban J connectivity index is 1.81. The number of halogens is 3. The maximum atomic E-state index is 12.4. The third-order valence-electron chi connectivity index (χ3n) is 3.68. The summed E-state index contributed by atoms with van der Waals surface area (Å²) in [5.41, 5.74) is 2.72. The van der Waals surface area contributed by atoms with Gasteiger partial charge in [-0.2, -0.15) is 0 Å². The second-order valence-electron chi connectivity index (χ2n) is 5.32. The molecular formula is C18H13F3O3. The molecule has 0 bridgehead atoms. The molecule has 0 heterocycles. The zero-order chi connectivity index (χ0) is 17.3. The first-order valence-electron chi connectivity index (χ1n) is 7.14. The fourth-order valence-electron chi connectivity index (χ4n) is 2.61. The van der Waals surface area contributed by atoms with Crippen molar-refractivity contribution < 1.29 is 27.4 Å². The van der Waals surface area contributed by atoms with Crippen LogP contribution < -0.4 is 9.47 Å². The number of ketones is 1. The van der Waals surface area contributed by atoms with E-state index in [1.165, 1.54) is 24.3 Å². The average molecular weight is 334 g/mol. The van der Waals surface area contributed by atoms with Gasteiger partial charge in [-0.15, -0.1) is 13.2 Å². The van der Waals surface area contributed by atoms with Crippen molar-refractivity contribution in [3.8, 4) is 11.5 Å². The van der Waals surface area contributed by atoms with Crippen LogP contribution in [-0.2, 0) is 6.42 Å². The molecule has 6 heteroatoms. The molecule has 0 N–H and O–H groups in total. The van der Waals surface area contributed by atoms with Crippen LogP contribution in [0.5, 0.6) is 11.5 Å². The number of carbonyl (C=O) groups excluding carboxylic acids is 1. The van der Waals surface area contributed by atoms with E-state index < -0.39 is 6.36 Å². The first-order chi connectivity index (χ1) is 11.4. The van der Waals surface area contributed by atoms with Gasteiger partial charge in [-0.05, 0) is 47.5 Å². The van der Waals surface area contributed by atoms with Crippen molar-refractivity contribution in [2.45, 2.75) is 12.8 Å². The van der Waals surface area contributed by atoms with Gasteiger partial charge in [0, 0.05) is 17.6 Å². The highest BCUT2D eigenvalue weighted by Gasteiger charge is 2.31. The molecule has 0 aromatic heterocycles.